The molecule has 0 radical (unpaired) electrons. The maximum Gasteiger partial charge on any atom is 0.223 e. The Morgan fingerprint density at radius 3 is 1.43 bits per heavy atom. The topological polar surface area (TPSA) is 20.3 Å². The van der Waals surface area contributed by atoms with Crippen molar-refractivity contribution < 1.29 is 4.79 Å². The maximum absolute atomic E-state index is 12.9. The summed E-state index contributed by atoms with van der Waals surface area (Å²) in [4.78, 5) is 15.3. The first-order valence-corrected chi connectivity index (χ1v) is 10.5. The summed E-state index contributed by atoms with van der Waals surface area (Å²) in [7, 11) is 0. The van der Waals surface area contributed by atoms with Gasteiger partial charge < -0.3 is 4.90 Å². The molecule has 138 valence electrons. The molecule has 0 bridgehead atoms. The highest BCUT2D eigenvalue weighted by Crippen LogP contribution is 2.25. The summed E-state index contributed by atoms with van der Waals surface area (Å²) in [5.41, 5.74) is 0. The van der Waals surface area contributed by atoms with Crippen LogP contribution in [-0.4, -0.2) is 22.9 Å². The zero-order chi connectivity index (χ0) is 17.5. The second-order valence-corrected chi connectivity index (χ2v) is 7.07. The molecule has 1 atom stereocenters. The van der Waals surface area contributed by atoms with E-state index in [9.17, 15) is 4.79 Å². The monoisotopic (exact) mass is 325 g/mol. The highest BCUT2D eigenvalue weighted by atomic mass is 16.2. The molecule has 0 aromatic rings. The molecule has 0 aliphatic rings. The maximum atomic E-state index is 12.9. The fourth-order valence-corrected chi connectivity index (χ4v) is 3.55. The summed E-state index contributed by atoms with van der Waals surface area (Å²) in [6.45, 7) is 11.2. The lowest BCUT2D eigenvalue weighted by Gasteiger charge is -2.39. The summed E-state index contributed by atoms with van der Waals surface area (Å²) in [5.74, 6) is 0.416. The van der Waals surface area contributed by atoms with Crippen molar-refractivity contribution in [2.24, 2.45) is 0 Å². The van der Waals surface area contributed by atoms with Gasteiger partial charge in [-0.25, -0.2) is 0 Å². The predicted octanol–water partition coefficient (Wildman–Crippen LogP) is 6.72. The van der Waals surface area contributed by atoms with E-state index in [1.165, 1.54) is 70.6 Å². The van der Waals surface area contributed by atoms with Crippen LogP contribution >= 0.6 is 0 Å². The van der Waals surface area contributed by atoms with Crippen molar-refractivity contribution in [2.45, 2.75) is 130 Å². The van der Waals surface area contributed by atoms with E-state index in [0.717, 1.165) is 12.8 Å². The van der Waals surface area contributed by atoms with Gasteiger partial charge in [-0.05, 0) is 32.1 Å². The van der Waals surface area contributed by atoms with Crippen molar-refractivity contribution in [2.75, 3.05) is 0 Å². The second-order valence-electron chi connectivity index (χ2n) is 7.07. The van der Waals surface area contributed by atoms with Gasteiger partial charge in [-0.3, -0.25) is 4.79 Å². The van der Waals surface area contributed by atoms with Gasteiger partial charge in [-0.15, -0.1) is 0 Å². The van der Waals surface area contributed by atoms with Gasteiger partial charge in [0, 0.05) is 18.5 Å². The van der Waals surface area contributed by atoms with E-state index >= 15 is 0 Å². The van der Waals surface area contributed by atoms with Crippen molar-refractivity contribution in [1.82, 2.24) is 4.90 Å². The van der Waals surface area contributed by atoms with Crippen molar-refractivity contribution >= 4 is 5.91 Å². The van der Waals surface area contributed by atoms with E-state index in [0.29, 0.717) is 18.0 Å². The molecule has 0 aliphatic carbocycles. The van der Waals surface area contributed by atoms with Gasteiger partial charge in [0.05, 0.1) is 0 Å². The third kappa shape index (κ3) is 9.37. The first-order chi connectivity index (χ1) is 11.2. The van der Waals surface area contributed by atoms with Crippen molar-refractivity contribution in [3.8, 4) is 0 Å². The van der Waals surface area contributed by atoms with Gasteiger partial charge in [0.1, 0.15) is 0 Å². The average Bonchev–Trinajstić information content (AvgIpc) is 2.54. The largest absolute Gasteiger partial charge is 0.337 e. The van der Waals surface area contributed by atoms with Gasteiger partial charge in [0.2, 0.25) is 5.91 Å². The molecule has 0 aromatic heterocycles. The van der Waals surface area contributed by atoms with Crippen LogP contribution < -0.4 is 0 Å². The number of hydrogen-bond acceptors (Lipinski definition) is 1. The standard InChI is InChI=1S/C21H43NO/c1-6-11-16-19(14-9-4)22(21(23)15-10-5)20(17-12-7-2)18-13-8-3/h19-20H,6-18H2,1-5H3. The van der Waals surface area contributed by atoms with Crippen LogP contribution in [0.1, 0.15) is 118 Å². The highest BCUT2D eigenvalue weighted by molar-refractivity contribution is 5.76. The summed E-state index contributed by atoms with van der Waals surface area (Å²) in [5, 5.41) is 0. The zero-order valence-corrected chi connectivity index (χ0v) is 16.7. The number of carbonyl (C=O) groups is 1. The van der Waals surface area contributed by atoms with Gasteiger partial charge in [-0.1, -0.05) is 79.6 Å². The first-order valence-electron chi connectivity index (χ1n) is 10.5. The second kappa shape index (κ2) is 15.0. The van der Waals surface area contributed by atoms with Crippen LogP contribution in [0.5, 0.6) is 0 Å². The number of rotatable bonds is 15. The van der Waals surface area contributed by atoms with Crippen LogP contribution in [0.2, 0.25) is 0 Å². The van der Waals surface area contributed by atoms with Crippen LogP contribution in [0.3, 0.4) is 0 Å². The smallest absolute Gasteiger partial charge is 0.223 e. The Kier molecular flexibility index (Phi) is 14.7. The minimum Gasteiger partial charge on any atom is -0.337 e. The lowest BCUT2D eigenvalue weighted by molar-refractivity contribution is -0.137. The summed E-state index contributed by atoms with van der Waals surface area (Å²) in [6.07, 6.45) is 15.0. The molecule has 1 unspecified atom stereocenters. The Hall–Kier alpha value is -0.530. The van der Waals surface area contributed by atoms with E-state index in [-0.39, 0.29) is 0 Å². The number of nitrogens with zero attached hydrogens (tertiary/aromatic N) is 1. The lowest BCUT2D eigenvalue weighted by Crippen LogP contribution is -2.47. The van der Waals surface area contributed by atoms with Crippen molar-refractivity contribution in [3.63, 3.8) is 0 Å². The van der Waals surface area contributed by atoms with E-state index in [4.69, 9.17) is 0 Å². The fraction of sp³-hybridized carbons (Fsp3) is 0.952. The van der Waals surface area contributed by atoms with E-state index in [1.807, 2.05) is 0 Å². The predicted molar refractivity (Wildman–Crippen MR) is 103 cm³/mol. The molecule has 0 aromatic carbocycles. The molecule has 0 saturated heterocycles. The minimum absolute atomic E-state index is 0.416. The zero-order valence-electron chi connectivity index (χ0n) is 16.7. The average molecular weight is 326 g/mol. The molecule has 0 saturated carbocycles. The molecule has 0 aliphatic heterocycles. The Bertz CT molecular complexity index is 269. The van der Waals surface area contributed by atoms with E-state index in [2.05, 4.69) is 39.5 Å². The quantitative estimate of drug-likeness (QED) is 0.327. The fourth-order valence-electron chi connectivity index (χ4n) is 3.55. The van der Waals surface area contributed by atoms with Gasteiger partial charge >= 0.3 is 0 Å². The Labute approximate surface area is 146 Å². The van der Waals surface area contributed by atoms with Crippen LogP contribution in [0, 0.1) is 0 Å². The van der Waals surface area contributed by atoms with Crippen molar-refractivity contribution in [3.05, 3.63) is 0 Å². The summed E-state index contributed by atoms with van der Waals surface area (Å²) < 4.78 is 0. The molecule has 0 fully saturated rings. The number of hydrogen-bond donors (Lipinski definition) is 0. The summed E-state index contributed by atoms with van der Waals surface area (Å²) in [6, 6.07) is 0.945. The Morgan fingerprint density at radius 1 is 0.652 bits per heavy atom. The van der Waals surface area contributed by atoms with Crippen LogP contribution in [0.15, 0.2) is 0 Å². The molecular formula is C21H43NO. The normalized spacial score (nSPS) is 12.6. The molecule has 1 amide bonds. The van der Waals surface area contributed by atoms with Gasteiger partial charge in [0.25, 0.3) is 0 Å². The lowest BCUT2D eigenvalue weighted by atomic mass is 9.95. The van der Waals surface area contributed by atoms with Crippen LogP contribution in [0.25, 0.3) is 0 Å². The molecule has 0 N–H and O–H groups in total. The van der Waals surface area contributed by atoms with Crippen molar-refractivity contribution in [1.29, 1.82) is 0 Å². The first kappa shape index (κ1) is 22.5. The number of amides is 1. The highest BCUT2D eigenvalue weighted by Gasteiger charge is 2.28. The molecular weight excluding hydrogens is 282 g/mol. The molecule has 2 nitrogen and oxygen atoms in total. The summed E-state index contributed by atoms with van der Waals surface area (Å²) >= 11 is 0. The number of unbranched alkanes of at least 4 members (excludes halogenated alkanes) is 3. The molecule has 0 rings (SSSR count). The minimum atomic E-state index is 0.416. The third-order valence-corrected chi connectivity index (χ3v) is 4.83. The van der Waals surface area contributed by atoms with E-state index < -0.39 is 0 Å². The van der Waals surface area contributed by atoms with Crippen LogP contribution in [-0.2, 0) is 4.79 Å². The number of carbonyl (C=O) groups excluding carboxylic acids is 1. The van der Waals surface area contributed by atoms with Gasteiger partial charge in [-0.2, -0.15) is 0 Å². The third-order valence-electron chi connectivity index (χ3n) is 4.83. The molecule has 2 heteroatoms. The van der Waals surface area contributed by atoms with E-state index in [1.54, 1.807) is 0 Å². The molecule has 0 spiro atoms. The molecule has 0 heterocycles. The Morgan fingerprint density at radius 2 is 1.09 bits per heavy atom. The molecule has 23 heavy (non-hydrogen) atoms. The van der Waals surface area contributed by atoms with Gasteiger partial charge in [0.15, 0.2) is 0 Å². The SMILES string of the molecule is CCCCC(CCC)N(C(=O)CCC)C(CCCC)CCCC. The van der Waals surface area contributed by atoms with Crippen LogP contribution in [0.4, 0.5) is 0 Å². The Balaban J connectivity index is 5.22.